The zero-order chi connectivity index (χ0) is 25.2. The van der Waals surface area contributed by atoms with Crippen molar-refractivity contribution in [3.8, 4) is 28.3 Å². The van der Waals surface area contributed by atoms with Crippen LogP contribution >= 0.6 is 0 Å². The average Bonchev–Trinajstić information content (AvgIpc) is 3.25. The molecule has 3 N–H and O–H groups in total. The number of nitrogens with two attached hydrogens (primary N) is 1. The predicted octanol–water partition coefficient (Wildman–Crippen LogP) is 4.91. The van der Waals surface area contributed by atoms with Crippen LogP contribution in [0.3, 0.4) is 0 Å². The number of benzene rings is 3. The molecule has 0 unspecified atom stereocenters. The van der Waals surface area contributed by atoms with Gasteiger partial charge in [0, 0.05) is 12.6 Å². The highest BCUT2D eigenvalue weighted by molar-refractivity contribution is 5.63. The minimum absolute atomic E-state index is 0.0202. The normalized spacial score (nSPS) is 13.5. The maximum absolute atomic E-state index is 13.9. The van der Waals surface area contributed by atoms with Gasteiger partial charge in [-0.3, -0.25) is 0 Å². The van der Waals surface area contributed by atoms with Gasteiger partial charge in [0.2, 0.25) is 0 Å². The molecule has 0 amide bonds. The number of aromatic nitrogens is 3. The van der Waals surface area contributed by atoms with Gasteiger partial charge in [-0.2, -0.15) is 13.2 Å². The Kier molecular flexibility index (Phi) is 6.64. The molecule has 0 aliphatic carbocycles. The number of hydrogen-bond donors (Lipinski definition) is 2. The molecule has 1 aromatic heterocycles. The molecule has 0 bridgehead atoms. The first-order chi connectivity index (χ1) is 16.6. The predicted molar refractivity (Wildman–Crippen MR) is 126 cm³/mol. The minimum Gasteiger partial charge on any atom is -0.488 e. The number of nitrogens with zero attached hydrogens (tertiary/aromatic N) is 3. The summed E-state index contributed by atoms with van der Waals surface area (Å²) in [5, 5.41) is 17.5. The van der Waals surface area contributed by atoms with E-state index in [2.05, 4.69) is 10.2 Å². The van der Waals surface area contributed by atoms with Gasteiger partial charge >= 0.3 is 6.18 Å². The molecule has 6 nitrogen and oxygen atoms in total. The Morgan fingerprint density at radius 3 is 2.17 bits per heavy atom. The monoisotopic (exact) mass is 482 g/mol. The van der Waals surface area contributed by atoms with Gasteiger partial charge in [0.25, 0.3) is 0 Å². The Morgan fingerprint density at radius 1 is 0.914 bits per heavy atom. The number of hydrogen-bond acceptors (Lipinski definition) is 5. The van der Waals surface area contributed by atoms with Gasteiger partial charge in [0.1, 0.15) is 12.4 Å². The Bertz CT molecular complexity index is 1300. The number of aliphatic hydroxyl groups is 1. The van der Waals surface area contributed by atoms with Crippen LogP contribution < -0.4 is 10.5 Å². The zero-order valence-corrected chi connectivity index (χ0v) is 19.3. The van der Waals surface area contributed by atoms with Crippen LogP contribution in [-0.4, -0.2) is 26.5 Å². The molecule has 9 heteroatoms. The molecule has 1 atom stereocenters. The first-order valence-corrected chi connectivity index (χ1v) is 10.9. The lowest BCUT2D eigenvalue weighted by molar-refractivity contribution is -0.139. The van der Waals surface area contributed by atoms with Gasteiger partial charge in [-0.1, -0.05) is 54.6 Å². The molecule has 0 aliphatic rings. The van der Waals surface area contributed by atoms with E-state index in [1.54, 1.807) is 14.0 Å². The van der Waals surface area contributed by atoms with Crippen LogP contribution in [0.4, 0.5) is 13.2 Å². The fourth-order valence-electron chi connectivity index (χ4n) is 3.75. The van der Waals surface area contributed by atoms with Crippen LogP contribution in [0.15, 0.2) is 72.8 Å². The van der Waals surface area contributed by atoms with E-state index in [0.717, 1.165) is 22.8 Å². The van der Waals surface area contributed by atoms with Crippen LogP contribution in [0.2, 0.25) is 0 Å². The molecular weight excluding hydrogens is 457 g/mol. The van der Waals surface area contributed by atoms with Crippen molar-refractivity contribution in [2.24, 2.45) is 12.8 Å². The second-order valence-electron chi connectivity index (χ2n) is 8.54. The summed E-state index contributed by atoms with van der Waals surface area (Å²) in [6.45, 7) is 1.14. The molecule has 35 heavy (non-hydrogen) atoms. The highest BCUT2D eigenvalue weighted by Crippen LogP contribution is 2.39. The number of rotatable bonds is 7. The van der Waals surface area contributed by atoms with Crippen LogP contribution in [-0.2, 0) is 25.4 Å². The SMILES string of the molecule is Cn1c(-c2ccc(OCc3ccc(-c4ccccc4)cc3)c(C(F)(F)F)c2)nnc1[C@@](C)(N)CO. The van der Waals surface area contributed by atoms with E-state index in [4.69, 9.17) is 10.5 Å². The van der Waals surface area contributed by atoms with Crippen LogP contribution in [0.25, 0.3) is 22.5 Å². The molecule has 0 saturated carbocycles. The quantitative estimate of drug-likeness (QED) is 0.391. The fourth-order valence-corrected chi connectivity index (χ4v) is 3.75. The number of halogens is 3. The molecule has 182 valence electrons. The second kappa shape index (κ2) is 9.52. The van der Waals surface area contributed by atoms with Crippen molar-refractivity contribution >= 4 is 0 Å². The average molecular weight is 483 g/mol. The molecule has 0 fully saturated rings. The number of alkyl halides is 3. The Balaban J connectivity index is 1.58. The summed E-state index contributed by atoms with van der Waals surface area (Å²) in [4.78, 5) is 0. The minimum atomic E-state index is -4.64. The highest BCUT2D eigenvalue weighted by Gasteiger charge is 2.35. The van der Waals surface area contributed by atoms with E-state index in [9.17, 15) is 18.3 Å². The largest absolute Gasteiger partial charge is 0.488 e. The summed E-state index contributed by atoms with van der Waals surface area (Å²) in [7, 11) is 1.59. The fraction of sp³-hybridized carbons (Fsp3) is 0.231. The maximum atomic E-state index is 13.9. The first kappa shape index (κ1) is 24.4. The number of ether oxygens (including phenoxy) is 1. The maximum Gasteiger partial charge on any atom is 0.419 e. The van der Waals surface area contributed by atoms with E-state index < -0.39 is 23.9 Å². The number of aliphatic hydroxyl groups excluding tert-OH is 1. The molecular formula is C26H25F3N4O2. The molecule has 0 saturated heterocycles. The molecule has 4 aromatic rings. The van der Waals surface area contributed by atoms with Gasteiger partial charge in [0.15, 0.2) is 11.6 Å². The van der Waals surface area contributed by atoms with E-state index in [1.807, 2.05) is 54.6 Å². The summed E-state index contributed by atoms with van der Waals surface area (Å²) < 4.78 is 48.7. The van der Waals surface area contributed by atoms with E-state index in [1.165, 1.54) is 16.7 Å². The first-order valence-electron chi connectivity index (χ1n) is 10.9. The van der Waals surface area contributed by atoms with Gasteiger partial charge < -0.3 is 20.1 Å². The lowest BCUT2D eigenvalue weighted by atomic mass is 10.0. The van der Waals surface area contributed by atoms with Crippen molar-refractivity contribution in [3.63, 3.8) is 0 Å². The summed E-state index contributed by atoms with van der Waals surface area (Å²) in [5.41, 5.74) is 6.91. The Hall–Kier alpha value is -3.69. The van der Waals surface area contributed by atoms with Crippen molar-refractivity contribution < 1.29 is 23.0 Å². The van der Waals surface area contributed by atoms with E-state index in [-0.39, 0.29) is 29.6 Å². The van der Waals surface area contributed by atoms with Crippen LogP contribution in [0.1, 0.15) is 23.9 Å². The lowest BCUT2D eigenvalue weighted by Crippen LogP contribution is -2.39. The Labute approximate surface area is 200 Å². The molecule has 0 radical (unpaired) electrons. The highest BCUT2D eigenvalue weighted by atomic mass is 19.4. The third-order valence-corrected chi connectivity index (χ3v) is 5.71. The molecule has 3 aromatic carbocycles. The van der Waals surface area contributed by atoms with Crippen molar-refractivity contribution in [2.45, 2.75) is 25.2 Å². The van der Waals surface area contributed by atoms with Crippen molar-refractivity contribution in [1.29, 1.82) is 0 Å². The molecule has 1 heterocycles. The van der Waals surface area contributed by atoms with Gasteiger partial charge in [-0.25, -0.2) is 0 Å². The molecule has 0 aliphatic heterocycles. The standard InChI is InChI=1S/C26H25F3N4O2/c1-25(30,16-34)24-32-31-23(33(24)2)20-12-13-22(21(14-20)26(27,28)29)35-15-17-8-10-19(11-9-17)18-6-4-3-5-7-18/h3-14,34H,15-16,30H2,1-2H3/t25-/m0/s1. The van der Waals surface area contributed by atoms with Crippen molar-refractivity contribution in [1.82, 2.24) is 14.8 Å². The molecule has 0 spiro atoms. The summed E-state index contributed by atoms with van der Waals surface area (Å²) in [5.74, 6) is 0.163. The summed E-state index contributed by atoms with van der Waals surface area (Å²) >= 11 is 0. The summed E-state index contributed by atoms with van der Waals surface area (Å²) in [6.07, 6.45) is -4.64. The lowest BCUT2D eigenvalue weighted by Gasteiger charge is -2.20. The topological polar surface area (TPSA) is 86.2 Å². The van der Waals surface area contributed by atoms with Crippen molar-refractivity contribution in [2.75, 3.05) is 6.61 Å². The van der Waals surface area contributed by atoms with Crippen molar-refractivity contribution in [3.05, 3.63) is 89.7 Å². The van der Waals surface area contributed by atoms with Crippen LogP contribution in [0.5, 0.6) is 5.75 Å². The second-order valence-corrected chi connectivity index (χ2v) is 8.54. The Morgan fingerprint density at radius 2 is 1.54 bits per heavy atom. The van der Waals surface area contributed by atoms with E-state index in [0.29, 0.717) is 0 Å². The van der Waals surface area contributed by atoms with Gasteiger partial charge in [0.05, 0.1) is 17.7 Å². The third kappa shape index (κ3) is 5.21. The summed E-state index contributed by atoms with van der Waals surface area (Å²) in [6, 6.07) is 21.0. The van der Waals surface area contributed by atoms with Gasteiger partial charge in [-0.15, -0.1) is 10.2 Å². The zero-order valence-electron chi connectivity index (χ0n) is 19.3. The van der Waals surface area contributed by atoms with Gasteiger partial charge in [-0.05, 0) is 41.8 Å². The smallest absolute Gasteiger partial charge is 0.419 e. The third-order valence-electron chi connectivity index (χ3n) is 5.71. The van der Waals surface area contributed by atoms with Crippen LogP contribution in [0, 0.1) is 0 Å². The molecule has 4 rings (SSSR count). The van der Waals surface area contributed by atoms with E-state index >= 15 is 0 Å².